The van der Waals surface area contributed by atoms with E-state index < -0.39 is 11.7 Å². The van der Waals surface area contributed by atoms with Gasteiger partial charge < -0.3 is 4.90 Å². The lowest BCUT2D eigenvalue weighted by molar-refractivity contribution is -0.138. The van der Waals surface area contributed by atoms with Crippen molar-refractivity contribution in [1.82, 2.24) is 4.90 Å². The van der Waals surface area contributed by atoms with Crippen molar-refractivity contribution in [3.63, 3.8) is 0 Å². The molecule has 2 aromatic carbocycles. The van der Waals surface area contributed by atoms with Gasteiger partial charge in [-0.2, -0.15) is 13.2 Å². The van der Waals surface area contributed by atoms with Gasteiger partial charge in [-0.3, -0.25) is 4.79 Å². The van der Waals surface area contributed by atoms with Gasteiger partial charge in [0.05, 0.1) is 11.6 Å². The zero-order valence-electron chi connectivity index (χ0n) is 16.7. The fourth-order valence-corrected chi connectivity index (χ4v) is 5.44. The normalized spacial score (nSPS) is 21.7. The number of hydrogen-bond acceptors (Lipinski definition) is 1. The maximum atomic E-state index is 13.4. The molecule has 1 heterocycles. The molecule has 0 aromatic heterocycles. The summed E-state index contributed by atoms with van der Waals surface area (Å²) in [6.45, 7) is 0.619. The Bertz CT molecular complexity index is 1000. The van der Waals surface area contributed by atoms with Crippen molar-refractivity contribution >= 4 is 11.5 Å². The van der Waals surface area contributed by atoms with Crippen molar-refractivity contribution in [2.45, 2.75) is 50.7 Å². The Kier molecular flexibility index (Phi) is 4.72. The third-order valence-electron chi connectivity index (χ3n) is 6.90. The highest BCUT2D eigenvalue weighted by atomic mass is 19.4. The Hall–Kier alpha value is -2.56. The summed E-state index contributed by atoms with van der Waals surface area (Å²) in [4.78, 5) is 15.3. The van der Waals surface area contributed by atoms with Gasteiger partial charge in [0.25, 0.3) is 0 Å². The lowest BCUT2D eigenvalue weighted by Crippen LogP contribution is -2.42. The minimum Gasteiger partial charge on any atom is -0.331 e. The number of carbonyl (C=O) groups excluding carboxylic acids is 1. The lowest BCUT2D eigenvalue weighted by atomic mass is 9.87. The molecule has 1 aliphatic heterocycles. The molecule has 5 rings (SSSR count). The van der Waals surface area contributed by atoms with E-state index in [4.69, 9.17) is 0 Å². The standard InChI is InChI=1S/C25H24F3NO/c26-25(27,28)19-11-9-16(10-12-19)23-22-15-18-7-3-4-8-20(18)21(22)13-14-29(23)24(30)17-5-1-2-6-17/h3-4,7-12,17,23H,1-2,5-6,13-15H2. The predicted octanol–water partition coefficient (Wildman–Crippen LogP) is 6.18. The molecule has 0 spiro atoms. The van der Waals surface area contributed by atoms with Gasteiger partial charge in [0, 0.05) is 12.5 Å². The SMILES string of the molecule is O=C(C1CCCC1)N1CCC2=C(Cc3ccccc32)C1c1ccc(C(F)(F)F)cc1. The van der Waals surface area contributed by atoms with E-state index in [1.54, 1.807) is 12.1 Å². The largest absolute Gasteiger partial charge is 0.416 e. The van der Waals surface area contributed by atoms with E-state index in [1.807, 2.05) is 17.0 Å². The van der Waals surface area contributed by atoms with Crippen molar-refractivity contribution in [2.24, 2.45) is 5.92 Å². The highest BCUT2D eigenvalue weighted by Gasteiger charge is 2.40. The number of carbonyl (C=O) groups is 1. The maximum absolute atomic E-state index is 13.4. The first kappa shape index (κ1) is 19.4. The zero-order chi connectivity index (χ0) is 20.9. The van der Waals surface area contributed by atoms with Gasteiger partial charge in [-0.15, -0.1) is 0 Å². The summed E-state index contributed by atoms with van der Waals surface area (Å²) in [5.41, 5.74) is 5.04. The van der Waals surface area contributed by atoms with Crippen molar-refractivity contribution in [3.05, 3.63) is 76.4 Å². The molecule has 156 valence electrons. The van der Waals surface area contributed by atoms with Crippen LogP contribution in [-0.2, 0) is 17.4 Å². The van der Waals surface area contributed by atoms with Gasteiger partial charge in [-0.25, -0.2) is 0 Å². The second-order valence-corrected chi connectivity index (χ2v) is 8.62. The number of amides is 1. The molecule has 2 aromatic rings. The van der Waals surface area contributed by atoms with Crippen LogP contribution in [0.5, 0.6) is 0 Å². The highest BCUT2D eigenvalue weighted by molar-refractivity contribution is 5.85. The summed E-state index contributed by atoms with van der Waals surface area (Å²) >= 11 is 0. The molecule has 0 saturated heterocycles. The fraction of sp³-hybridized carbons (Fsp3) is 0.400. The second-order valence-electron chi connectivity index (χ2n) is 8.62. The van der Waals surface area contributed by atoms with Crippen LogP contribution in [0.3, 0.4) is 0 Å². The first-order chi connectivity index (χ1) is 14.4. The molecule has 30 heavy (non-hydrogen) atoms. The summed E-state index contributed by atoms with van der Waals surface area (Å²) in [6.07, 6.45) is 1.19. The molecule has 5 heteroatoms. The van der Waals surface area contributed by atoms with Crippen LogP contribution in [0.25, 0.3) is 5.57 Å². The van der Waals surface area contributed by atoms with Crippen molar-refractivity contribution in [3.8, 4) is 0 Å². The summed E-state index contributed by atoms with van der Waals surface area (Å²) in [6, 6.07) is 13.4. The van der Waals surface area contributed by atoms with Crippen LogP contribution in [0.1, 0.15) is 60.4 Å². The number of benzene rings is 2. The van der Waals surface area contributed by atoms with Crippen LogP contribution < -0.4 is 0 Å². The fourth-order valence-electron chi connectivity index (χ4n) is 5.44. The van der Waals surface area contributed by atoms with Crippen LogP contribution in [0, 0.1) is 5.92 Å². The Morgan fingerprint density at radius 1 is 0.967 bits per heavy atom. The molecule has 1 fully saturated rings. The third kappa shape index (κ3) is 3.24. The maximum Gasteiger partial charge on any atom is 0.416 e. The molecule has 0 bridgehead atoms. The quantitative estimate of drug-likeness (QED) is 0.578. The van der Waals surface area contributed by atoms with Crippen molar-refractivity contribution < 1.29 is 18.0 Å². The zero-order valence-corrected chi connectivity index (χ0v) is 16.7. The average molecular weight is 411 g/mol. The summed E-state index contributed by atoms with van der Waals surface area (Å²) in [5.74, 6) is 0.216. The molecule has 2 nitrogen and oxygen atoms in total. The number of nitrogens with zero attached hydrogens (tertiary/aromatic N) is 1. The molecule has 3 aliphatic rings. The minimum atomic E-state index is -4.36. The number of fused-ring (bicyclic) bond motifs is 2. The molecular formula is C25H24F3NO. The Labute approximate surface area is 174 Å². The summed E-state index contributed by atoms with van der Waals surface area (Å²) < 4.78 is 39.3. The van der Waals surface area contributed by atoms with Gasteiger partial charge in [-0.1, -0.05) is 49.2 Å². The molecule has 1 atom stereocenters. The van der Waals surface area contributed by atoms with E-state index in [9.17, 15) is 18.0 Å². The van der Waals surface area contributed by atoms with E-state index in [0.717, 1.165) is 56.2 Å². The molecule has 0 radical (unpaired) electrons. The van der Waals surface area contributed by atoms with Crippen LogP contribution in [-0.4, -0.2) is 17.4 Å². The first-order valence-corrected chi connectivity index (χ1v) is 10.7. The monoisotopic (exact) mass is 411 g/mol. The second kappa shape index (κ2) is 7.29. The number of rotatable bonds is 2. The topological polar surface area (TPSA) is 20.3 Å². The van der Waals surface area contributed by atoms with Crippen LogP contribution in [0.4, 0.5) is 13.2 Å². The Morgan fingerprint density at radius 3 is 2.37 bits per heavy atom. The van der Waals surface area contributed by atoms with E-state index in [-0.39, 0.29) is 17.9 Å². The Balaban J connectivity index is 1.56. The number of hydrogen-bond donors (Lipinski definition) is 0. The van der Waals surface area contributed by atoms with Gasteiger partial charge in [0.2, 0.25) is 5.91 Å². The summed E-state index contributed by atoms with van der Waals surface area (Å²) in [5, 5.41) is 0. The highest BCUT2D eigenvalue weighted by Crippen LogP contribution is 2.47. The van der Waals surface area contributed by atoms with E-state index in [1.165, 1.54) is 22.3 Å². The molecule has 1 unspecified atom stereocenters. The third-order valence-corrected chi connectivity index (χ3v) is 6.90. The van der Waals surface area contributed by atoms with Gasteiger partial charge >= 0.3 is 6.18 Å². The van der Waals surface area contributed by atoms with E-state index in [2.05, 4.69) is 12.1 Å². The van der Waals surface area contributed by atoms with Crippen molar-refractivity contribution in [2.75, 3.05) is 6.54 Å². The van der Waals surface area contributed by atoms with Gasteiger partial charge in [0.15, 0.2) is 0 Å². The van der Waals surface area contributed by atoms with Crippen LogP contribution >= 0.6 is 0 Å². The summed E-state index contributed by atoms with van der Waals surface area (Å²) in [7, 11) is 0. The Morgan fingerprint density at radius 2 is 1.67 bits per heavy atom. The minimum absolute atomic E-state index is 0.0490. The van der Waals surface area contributed by atoms with E-state index >= 15 is 0 Å². The van der Waals surface area contributed by atoms with Gasteiger partial charge in [0.1, 0.15) is 0 Å². The smallest absolute Gasteiger partial charge is 0.331 e. The molecule has 1 amide bonds. The van der Waals surface area contributed by atoms with Crippen molar-refractivity contribution in [1.29, 1.82) is 0 Å². The molecule has 1 saturated carbocycles. The molecular weight excluding hydrogens is 387 g/mol. The molecule has 0 N–H and O–H groups in total. The predicted molar refractivity (Wildman–Crippen MR) is 110 cm³/mol. The molecule has 2 aliphatic carbocycles. The van der Waals surface area contributed by atoms with Crippen LogP contribution in [0.2, 0.25) is 0 Å². The first-order valence-electron chi connectivity index (χ1n) is 10.7. The lowest BCUT2D eigenvalue weighted by Gasteiger charge is -2.39. The van der Waals surface area contributed by atoms with Gasteiger partial charge in [-0.05, 0) is 65.7 Å². The number of halogens is 3. The number of alkyl halides is 3. The average Bonchev–Trinajstić information content (AvgIpc) is 3.40. The van der Waals surface area contributed by atoms with Crippen LogP contribution in [0.15, 0.2) is 54.1 Å². The van der Waals surface area contributed by atoms with E-state index in [0.29, 0.717) is 6.54 Å².